The fraction of sp³-hybridized carbons (Fsp3) is 0.308. The van der Waals surface area contributed by atoms with E-state index >= 15 is 0 Å². The van der Waals surface area contributed by atoms with E-state index in [0.717, 1.165) is 11.3 Å². The van der Waals surface area contributed by atoms with Crippen LogP contribution in [0.15, 0.2) is 33.4 Å². The molecular formula is C13H13BrClNO. The highest BCUT2D eigenvalue weighted by Gasteiger charge is 2.23. The Kier molecular flexibility index (Phi) is 3.32. The molecule has 0 unspecified atom stereocenters. The second-order valence-corrected chi connectivity index (χ2v) is 6.05. The lowest BCUT2D eigenvalue weighted by Crippen LogP contribution is -2.11. The zero-order valence-corrected chi connectivity index (χ0v) is 12.3. The number of halogens is 2. The largest absolute Gasteiger partial charge is 0.433 e. The Hall–Kier alpha value is -0.800. The van der Waals surface area contributed by atoms with Crippen LogP contribution in [0, 0.1) is 0 Å². The van der Waals surface area contributed by atoms with Gasteiger partial charge >= 0.3 is 0 Å². The molecule has 0 aliphatic heterocycles. The molecule has 0 saturated carbocycles. The van der Waals surface area contributed by atoms with Crippen molar-refractivity contribution in [3.05, 3.63) is 39.8 Å². The molecule has 2 nitrogen and oxygen atoms in total. The van der Waals surface area contributed by atoms with Crippen molar-refractivity contribution in [2.24, 2.45) is 0 Å². The molecule has 17 heavy (non-hydrogen) atoms. The number of hydrogen-bond donors (Lipinski definition) is 0. The molecule has 0 N–H and O–H groups in total. The van der Waals surface area contributed by atoms with E-state index in [1.54, 1.807) is 0 Å². The Balaban J connectivity index is 2.46. The summed E-state index contributed by atoms with van der Waals surface area (Å²) in [5.74, 6) is 0.717. The highest BCUT2D eigenvalue weighted by atomic mass is 79.9. The number of rotatable bonds is 1. The highest BCUT2D eigenvalue weighted by molar-refractivity contribution is 9.10. The minimum atomic E-state index is -0.104. The summed E-state index contributed by atoms with van der Waals surface area (Å²) in [6, 6.07) is 7.54. The van der Waals surface area contributed by atoms with Gasteiger partial charge in [0.1, 0.15) is 5.69 Å². The maximum Gasteiger partial charge on any atom is 0.201 e. The molecule has 1 heterocycles. The van der Waals surface area contributed by atoms with Crippen LogP contribution in [0.2, 0.25) is 5.02 Å². The first-order chi connectivity index (χ1) is 7.88. The first kappa shape index (κ1) is 12.7. The van der Waals surface area contributed by atoms with Crippen molar-refractivity contribution in [3.8, 4) is 11.3 Å². The van der Waals surface area contributed by atoms with Crippen LogP contribution in [-0.4, -0.2) is 4.98 Å². The Morgan fingerprint density at radius 2 is 1.76 bits per heavy atom. The van der Waals surface area contributed by atoms with Crippen molar-refractivity contribution in [3.63, 3.8) is 0 Å². The molecule has 0 fully saturated rings. The number of nitrogens with zero attached hydrogens (tertiary/aromatic N) is 1. The van der Waals surface area contributed by atoms with Gasteiger partial charge in [0.15, 0.2) is 4.67 Å². The number of aromatic nitrogens is 1. The molecule has 2 rings (SSSR count). The third kappa shape index (κ3) is 2.72. The Morgan fingerprint density at radius 3 is 2.24 bits per heavy atom. The van der Waals surface area contributed by atoms with Crippen LogP contribution in [0.4, 0.5) is 0 Å². The molecule has 0 radical (unpaired) electrons. The van der Waals surface area contributed by atoms with Gasteiger partial charge in [-0.05, 0) is 28.1 Å². The molecule has 90 valence electrons. The van der Waals surface area contributed by atoms with Gasteiger partial charge in [0.25, 0.3) is 0 Å². The van der Waals surface area contributed by atoms with Crippen LogP contribution in [0.1, 0.15) is 26.7 Å². The lowest BCUT2D eigenvalue weighted by atomic mass is 9.97. The maximum atomic E-state index is 5.86. The van der Waals surface area contributed by atoms with E-state index in [9.17, 15) is 0 Å². The van der Waals surface area contributed by atoms with Crippen LogP contribution < -0.4 is 0 Å². The van der Waals surface area contributed by atoms with Crippen molar-refractivity contribution in [2.45, 2.75) is 26.2 Å². The standard InChI is InChI=1S/C13H13BrClNO/c1-13(2,3)12-16-10(11(14)17-12)8-4-6-9(15)7-5-8/h4-7H,1-3H3. The second kappa shape index (κ2) is 4.46. The minimum Gasteiger partial charge on any atom is -0.433 e. The van der Waals surface area contributed by atoms with Crippen molar-refractivity contribution < 1.29 is 4.42 Å². The molecule has 0 aliphatic carbocycles. The van der Waals surface area contributed by atoms with Gasteiger partial charge < -0.3 is 4.42 Å². The molecule has 0 atom stereocenters. The topological polar surface area (TPSA) is 26.0 Å². The van der Waals surface area contributed by atoms with Gasteiger partial charge in [-0.2, -0.15) is 0 Å². The zero-order chi connectivity index (χ0) is 12.6. The Morgan fingerprint density at radius 1 is 1.18 bits per heavy atom. The average Bonchev–Trinajstić information content (AvgIpc) is 2.61. The van der Waals surface area contributed by atoms with Crippen molar-refractivity contribution in [2.75, 3.05) is 0 Å². The fourth-order valence-electron chi connectivity index (χ4n) is 1.41. The summed E-state index contributed by atoms with van der Waals surface area (Å²) in [6.07, 6.45) is 0. The fourth-order valence-corrected chi connectivity index (χ4v) is 2.01. The molecule has 2 aromatic rings. The third-order valence-electron chi connectivity index (χ3n) is 2.35. The lowest BCUT2D eigenvalue weighted by Gasteiger charge is -2.11. The predicted molar refractivity (Wildman–Crippen MR) is 73.3 cm³/mol. The van der Waals surface area contributed by atoms with Gasteiger partial charge in [0.05, 0.1) is 0 Å². The molecule has 0 spiro atoms. The monoisotopic (exact) mass is 313 g/mol. The normalized spacial score (nSPS) is 11.8. The molecule has 4 heteroatoms. The summed E-state index contributed by atoms with van der Waals surface area (Å²) in [7, 11) is 0. The van der Waals surface area contributed by atoms with Crippen molar-refractivity contribution in [1.29, 1.82) is 0 Å². The predicted octanol–water partition coefficient (Wildman–Crippen LogP) is 5.06. The first-order valence-corrected chi connectivity index (χ1v) is 6.48. The average molecular weight is 315 g/mol. The third-order valence-corrected chi connectivity index (χ3v) is 3.13. The summed E-state index contributed by atoms with van der Waals surface area (Å²) in [5, 5.41) is 0.712. The van der Waals surface area contributed by atoms with Crippen molar-refractivity contribution >= 4 is 27.5 Å². The van der Waals surface area contributed by atoms with Crippen LogP contribution in [-0.2, 0) is 5.41 Å². The minimum absolute atomic E-state index is 0.104. The molecule has 1 aromatic heterocycles. The van der Waals surface area contributed by atoms with Crippen LogP contribution in [0.3, 0.4) is 0 Å². The van der Waals surface area contributed by atoms with Crippen molar-refractivity contribution in [1.82, 2.24) is 4.98 Å². The maximum absolute atomic E-state index is 5.86. The summed E-state index contributed by atoms with van der Waals surface area (Å²) < 4.78 is 6.29. The van der Waals surface area contributed by atoms with Crippen LogP contribution >= 0.6 is 27.5 Å². The molecule has 1 aromatic carbocycles. The molecule has 0 saturated heterocycles. The SMILES string of the molecule is CC(C)(C)c1nc(-c2ccc(Cl)cc2)c(Br)o1. The number of benzene rings is 1. The number of oxazole rings is 1. The van der Waals surface area contributed by atoms with Gasteiger partial charge in [0.2, 0.25) is 5.89 Å². The van der Waals surface area contributed by atoms with Gasteiger partial charge in [-0.1, -0.05) is 44.5 Å². The Labute approximate surface area is 114 Å². The van der Waals surface area contributed by atoms with E-state index in [1.165, 1.54) is 0 Å². The van der Waals surface area contributed by atoms with Gasteiger partial charge in [0, 0.05) is 16.0 Å². The summed E-state index contributed by atoms with van der Waals surface area (Å²) >= 11 is 9.26. The summed E-state index contributed by atoms with van der Waals surface area (Å²) in [4.78, 5) is 4.52. The molecule has 0 aliphatic rings. The summed E-state index contributed by atoms with van der Waals surface area (Å²) in [6.45, 7) is 6.20. The number of hydrogen-bond acceptors (Lipinski definition) is 2. The second-order valence-electron chi connectivity index (χ2n) is 4.90. The zero-order valence-electron chi connectivity index (χ0n) is 9.92. The smallest absolute Gasteiger partial charge is 0.201 e. The lowest BCUT2D eigenvalue weighted by molar-refractivity contribution is 0.382. The van der Waals surface area contributed by atoms with Gasteiger partial charge in [-0.15, -0.1) is 0 Å². The molecule has 0 bridgehead atoms. The van der Waals surface area contributed by atoms with E-state index in [4.69, 9.17) is 16.0 Å². The van der Waals surface area contributed by atoms with Gasteiger partial charge in [-0.3, -0.25) is 0 Å². The Bertz CT molecular complexity index is 525. The van der Waals surface area contributed by atoms with E-state index in [1.807, 2.05) is 24.3 Å². The van der Waals surface area contributed by atoms with E-state index < -0.39 is 0 Å². The van der Waals surface area contributed by atoms with E-state index in [0.29, 0.717) is 15.6 Å². The van der Waals surface area contributed by atoms with E-state index in [-0.39, 0.29) is 5.41 Å². The van der Waals surface area contributed by atoms with Crippen LogP contribution in [0.5, 0.6) is 0 Å². The summed E-state index contributed by atoms with van der Waals surface area (Å²) in [5.41, 5.74) is 1.69. The highest BCUT2D eigenvalue weighted by Crippen LogP contribution is 2.33. The first-order valence-electron chi connectivity index (χ1n) is 5.30. The van der Waals surface area contributed by atoms with E-state index in [2.05, 4.69) is 41.7 Å². The quantitative estimate of drug-likeness (QED) is 0.735. The van der Waals surface area contributed by atoms with Gasteiger partial charge in [-0.25, -0.2) is 4.98 Å². The van der Waals surface area contributed by atoms with Crippen LogP contribution in [0.25, 0.3) is 11.3 Å². The molecule has 0 amide bonds. The molecular weight excluding hydrogens is 302 g/mol.